The van der Waals surface area contributed by atoms with Gasteiger partial charge in [-0.05, 0) is 32.6 Å². The van der Waals surface area contributed by atoms with Crippen molar-refractivity contribution in [3.8, 4) is 0 Å². The lowest BCUT2D eigenvalue weighted by atomic mass is 10.1. The number of aliphatic hydroxyl groups is 4. The molecule has 346 valence electrons. The molecule has 0 heterocycles. The minimum atomic E-state index is -0.477. The van der Waals surface area contributed by atoms with Crippen LogP contribution in [0, 0.1) is 0 Å². The van der Waals surface area contributed by atoms with Crippen LogP contribution in [0.4, 0.5) is 0 Å². The van der Waals surface area contributed by atoms with Crippen LogP contribution in [0.15, 0.2) is 0 Å². The largest absolute Gasteiger partial charge is 0.392 e. The quantitative estimate of drug-likeness (QED) is 0.0348. The zero-order chi connectivity index (χ0) is 43.1. The lowest BCUT2D eigenvalue weighted by Gasteiger charge is -2.27. The van der Waals surface area contributed by atoms with Crippen LogP contribution in [-0.2, 0) is 9.59 Å². The molecule has 10 heteroatoms. The maximum absolute atomic E-state index is 13.2. The summed E-state index contributed by atoms with van der Waals surface area (Å²) < 4.78 is -0.227. The summed E-state index contributed by atoms with van der Waals surface area (Å²) in [6, 6.07) is 0. The van der Waals surface area contributed by atoms with Gasteiger partial charge in [0.25, 0.3) is 0 Å². The van der Waals surface area contributed by atoms with Crippen LogP contribution in [0.25, 0.3) is 0 Å². The number of carbonyl (C=O) groups excluding carboxylic acids is 2. The normalized spacial score (nSPS) is 14.6. The Hall–Kier alpha value is -0.200. The molecule has 0 aliphatic heterocycles. The van der Waals surface area contributed by atoms with Crippen molar-refractivity contribution in [1.29, 1.82) is 0 Å². The number of hydrogen-bond acceptors (Lipinski definition) is 10. The first-order chi connectivity index (χ1) is 28.0. The number of hydrogen-bond donors (Lipinski definition) is 4. The van der Waals surface area contributed by atoms with Crippen LogP contribution in [0.5, 0.6) is 0 Å². The highest BCUT2D eigenvalue weighted by atomic mass is 32.2. The van der Waals surface area contributed by atoms with E-state index in [2.05, 4.69) is 37.5 Å². The van der Waals surface area contributed by atoms with E-state index in [1.165, 1.54) is 126 Å². The highest BCUT2D eigenvalue weighted by molar-refractivity contribution is 8.29. The van der Waals surface area contributed by atoms with E-state index < -0.39 is 24.4 Å². The van der Waals surface area contributed by atoms with Crippen molar-refractivity contribution in [2.75, 3.05) is 39.3 Å². The van der Waals surface area contributed by atoms with Crippen molar-refractivity contribution in [2.45, 2.75) is 256 Å². The summed E-state index contributed by atoms with van der Waals surface area (Å²) in [5, 5.41) is 43.6. The van der Waals surface area contributed by atoms with Gasteiger partial charge in [0.1, 0.15) is 0 Å². The Morgan fingerprint density at radius 1 is 0.397 bits per heavy atom. The third kappa shape index (κ3) is 38.7. The summed E-state index contributed by atoms with van der Waals surface area (Å²) in [7, 11) is 0. The first-order valence-corrected chi connectivity index (χ1v) is 26.4. The van der Waals surface area contributed by atoms with E-state index in [4.69, 9.17) is 0 Å². The van der Waals surface area contributed by atoms with Crippen molar-refractivity contribution >= 4 is 33.8 Å². The van der Waals surface area contributed by atoms with Crippen molar-refractivity contribution in [3.63, 3.8) is 0 Å². The van der Waals surface area contributed by atoms with Crippen LogP contribution in [-0.4, -0.2) is 109 Å². The Morgan fingerprint density at radius 2 is 0.621 bits per heavy atom. The number of carbonyl (C=O) groups is 2. The van der Waals surface area contributed by atoms with Gasteiger partial charge in [0.15, 0.2) is 10.2 Å². The molecular formula is C48H96N2O6S2. The van der Waals surface area contributed by atoms with Crippen LogP contribution in [0.1, 0.15) is 227 Å². The first kappa shape index (κ1) is 57.8. The molecule has 8 nitrogen and oxygen atoms in total. The third-order valence-corrected chi connectivity index (χ3v) is 13.5. The van der Waals surface area contributed by atoms with Gasteiger partial charge in [-0.1, -0.05) is 205 Å². The van der Waals surface area contributed by atoms with Gasteiger partial charge in [-0.25, -0.2) is 0 Å². The lowest BCUT2D eigenvalue weighted by Crippen LogP contribution is -2.39. The number of aliphatic hydroxyl groups excluding tert-OH is 4. The predicted molar refractivity (Wildman–Crippen MR) is 253 cm³/mol. The summed E-state index contributed by atoms with van der Waals surface area (Å²) in [6.07, 6.45) is 29.9. The molecule has 0 spiro atoms. The van der Waals surface area contributed by atoms with Crippen LogP contribution >= 0.6 is 23.5 Å². The van der Waals surface area contributed by atoms with Gasteiger partial charge in [0, 0.05) is 52.1 Å². The number of thioether (sulfide) groups is 2. The molecular weight excluding hydrogens is 765 g/mol. The molecule has 4 atom stereocenters. The van der Waals surface area contributed by atoms with E-state index in [-0.39, 0.29) is 14.8 Å². The van der Waals surface area contributed by atoms with Gasteiger partial charge >= 0.3 is 0 Å². The second-order valence-corrected chi connectivity index (χ2v) is 20.5. The molecule has 0 aliphatic rings. The molecule has 0 rings (SSSR count). The maximum atomic E-state index is 13.2. The average molecular weight is 861 g/mol. The van der Waals surface area contributed by atoms with E-state index in [0.29, 0.717) is 52.1 Å². The van der Waals surface area contributed by atoms with Gasteiger partial charge < -0.3 is 20.4 Å². The van der Waals surface area contributed by atoms with E-state index in [0.717, 1.165) is 77.0 Å². The van der Waals surface area contributed by atoms with Crippen LogP contribution < -0.4 is 0 Å². The van der Waals surface area contributed by atoms with Crippen LogP contribution in [0.2, 0.25) is 0 Å². The minimum absolute atomic E-state index is 0.0193. The molecule has 58 heavy (non-hydrogen) atoms. The second-order valence-electron chi connectivity index (χ2n) is 17.4. The Balaban J connectivity index is 5.03. The topological polar surface area (TPSA) is 122 Å². The van der Waals surface area contributed by atoms with Gasteiger partial charge in [-0.3, -0.25) is 19.4 Å². The van der Waals surface area contributed by atoms with Crippen molar-refractivity contribution in [3.05, 3.63) is 0 Å². The van der Waals surface area contributed by atoms with Gasteiger partial charge in [0.05, 0.1) is 29.0 Å². The summed E-state index contributed by atoms with van der Waals surface area (Å²) in [5.74, 6) is 0. The Morgan fingerprint density at radius 3 is 0.862 bits per heavy atom. The van der Waals surface area contributed by atoms with Crippen molar-refractivity contribution < 1.29 is 30.0 Å². The SMILES string of the molecule is CCCCCCCCC(O)CN(CCC(=O)SC(C)SC(=O)CCN(CC(O)CCCCCCCC)CC(O)CCCCCCCC)CC(O)CCCCCCCC. The van der Waals surface area contributed by atoms with Crippen LogP contribution in [0.3, 0.4) is 0 Å². The van der Waals surface area contributed by atoms with Crippen molar-refractivity contribution in [2.24, 2.45) is 0 Å². The second kappa shape index (κ2) is 42.1. The summed E-state index contributed by atoms with van der Waals surface area (Å²) in [6.45, 7) is 13.6. The smallest absolute Gasteiger partial charge is 0.191 e. The van der Waals surface area contributed by atoms with E-state index in [9.17, 15) is 30.0 Å². The molecule has 0 saturated heterocycles. The molecule has 0 aromatic rings. The van der Waals surface area contributed by atoms with Crippen molar-refractivity contribution in [1.82, 2.24) is 9.80 Å². The molecule has 0 aliphatic carbocycles. The lowest BCUT2D eigenvalue weighted by molar-refractivity contribution is -0.112. The highest BCUT2D eigenvalue weighted by Gasteiger charge is 2.21. The van der Waals surface area contributed by atoms with Gasteiger partial charge in [-0.2, -0.15) is 0 Å². The summed E-state index contributed by atoms with van der Waals surface area (Å²) in [4.78, 5) is 30.5. The van der Waals surface area contributed by atoms with E-state index in [1.807, 2.05) is 6.92 Å². The van der Waals surface area contributed by atoms with Gasteiger partial charge in [-0.15, -0.1) is 0 Å². The zero-order valence-electron chi connectivity index (χ0n) is 38.7. The average Bonchev–Trinajstić information content (AvgIpc) is 3.18. The summed E-state index contributed by atoms with van der Waals surface area (Å²) >= 11 is 2.40. The van der Waals surface area contributed by atoms with E-state index in [1.54, 1.807) is 0 Å². The minimum Gasteiger partial charge on any atom is -0.392 e. The first-order valence-electron chi connectivity index (χ1n) is 24.6. The Bertz CT molecular complexity index is 799. The predicted octanol–water partition coefficient (Wildman–Crippen LogP) is 11.7. The maximum Gasteiger partial charge on any atom is 0.191 e. The monoisotopic (exact) mass is 861 g/mol. The molecule has 0 saturated carbocycles. The third-order valence-electron chi connectivity index (χ3n) is 11.3. The summed E-state index contributed by atoms with van der Waals surface area (Å²) in [5.41, 5.74) is 0. The molecule has 0 bridgehead atoms. The molecule has 0 radical (unpaired) electrons. The standard InChI is InChI=1S/C48H96N2O6S2/c1-6-10-14-18-22-26-30-43(51)38-49(39-44(52)31-27-23-19-15-11-7-2)36-34-47(55)57-42(5)58-48(56)35-37-50(40-45(53)32-28-24-20-16-12-8-3)41-46(54)33-29-25-21-17-13-9-4/h42-46,51-54H,6-41H2,1-5H3. The number of rotatable bonds is 44. The van der Waals surface area contributed by atoms with E-state index >= 15 is 0 Å². The number of nitrogens with zero attached hydrogens (tertiary/aromatic N) is 2. The fraction of sp³-hybridized carbons (Fsp3) is 0.958. The fourth-order valence-electron chi connectivity index (χ4n) is 7.72. The Kier molecular flexibility index (Phi) is 42.0. The fourth-order valence-corrected chi connectivity index (χ4v) is 9.72. The zero-order valence-corrected chi connectivity index (χ0v) is 40.3. The highest BCUT2D eigenvalue weighted by Crippen LogP contribution is 2.27. The number of unbranched alkanes of at least 4 members (excludes halogenated alkanes) is 20. The van der Waals surface area contributed by atoms with Gasteiger partial charge in [0.2, 0.25) is 0 Å². The molecule has 0 aromatic heterocycles. The molecule has 0 fully saturated rings. The molecule has 4 unspecified atom stereocenters. The molecule has 0 amide bonds. The Labute approximate surface area is 367 Å². The molecule has 0 aromatic carbocycles. The molecule has 4 N–H and O–H groups in total.